The van der Waals surface area contributed by atoms with Crippen LogP contribution in [0, 0.1) is 0 Å². The van der Waals surface area contributed by atoms with E-state index in [0.29, 0.717) is 19.8 Å². The molecule has 1 atom stereocenters. The summed E-state index contributed by atoms with van der Waals surface area (Å²) >= 11 is 0. The summed E-state index contributed by atoms with van der Waals surface area (Å²) in [6.45, 7) is 4.85. The zero-order chi connectivity index (χ0) is 11.8. The van der Waals surface area contributed by atoms with Gasteiger partial charge in [-0.05, 0) is 13.3 Å². The molecule has 2 N–H and O–H groups in total. The molecule has 0 spiro atoms. The van der Waals surface area contributed by atoms with Gasteiger partial charge in [-0.15, -0.1) is 0 Å². The van der Waals surface area contributed by atoms with Crippen molar-refractivity contribution in [1.29, 1.82) is 0 Å². The lowest BCUT2D eigenvalue weighted by Crippen LogP contribution is -2.18. The summed E-state index contributed by atoms with van der Waals surface area (Å²) in [5, 5.41) is 0. The summed E-state index contributed by atoms with van der Waals surface area (Å²) < 4.78 is 12.3. The molecular weight excluding hydrogens is 206 g/mol. The van der Waals surface area contributed by atoms with Crippen LogP contribution in [0.15, 0.2) is 12.4 Å². The molecular formula is C11H21N3O2. The number of rotatable bonds is 8. The molecule has 0 bridgehead atoms. The number of nitrogens with two attached hydrogens (primary N) is 1. The smallest absolute Gasteiger partial charge is 0.125 e. The van der Waals surface area contributed by atoms with Gasteiger partial charge in [0.15, 0.2) is 0 Å². The standard InChI is InChI=1S/C11H21N3O2/c1-3-14-6-5-13-11(14)10(12)4-7-16-9-8-15-2/h5-6,10H,3-4,7-9,12H2,1-2H3. The molecule has 1 unspecified atom stereocenters. The maximum atomic E-state index is 6.04. The number of ether oxygens (including phenoxy) is 2. The fourth-order valence-corrected chi connectivity index (χ4v) is 1.50. The molecule has 1 rings (SSSR count). The topological polar surface area (TPSA) is 62.3 Å². The first-order chi connectivity index (χ1) is 7.79. The number of methoxy groups -OCH3 is 1. The number of aryl methyl sites for hydroxylation is 1. The molecule has 1 aromatic heterocycles. The largest absolute Gasteiger partial charge is 0.382 e. The van der Waals surface area contributed by atoms with Gasteiger partial charge in [0.2, 0.25) is 0 Å². The second-order valence-electron chi connectivity index (χ2n) is 3.57. The molecule has 92 valence electrons. The average Bonchev–Trinajstić information content (AvgIpc) is 2.76. The van der Waals surface area contributed by atoms with Gasteiger partial charge in [0.25, 0.3) is 0 Å². The van der Waals surface area contributed by atoms with Gasteiger partial charge in [0.1, 0.15) is 5.82 Å². The number of hydrogen-bond acceptors (Lipinski definition) is 4. The van der Waals surface area contributed by atoms with E-state index in [9.17, 15) is 0 Å². The van der Waals surface area contributed by atoms with E-state index >= 15 is 0 Å². The maximum absolute atomic E-state index is 6.04. The van der Waals surface area contributed by atoms with Crippen molar-refractivity contribution in [1.82, 2.24) is 9.55 Å². The highest BCUT2D eigenvalue weighted by Crippen LogP contribution is 2.11. The van der Waals surface area contributed by atoms with Gasteiger partial charge in [-0.2, -0.15) is 0 Å². The summed E-state index contributed by atoms with van der Waals surface area (Å²) in [6.07, 6.45) is 4.51. The fourth-order valence-electron chi connectivity index (χ4n) is 1.50. The molecule has 5 heteroatoms. The van der Waals surface area contributed by atoms with Gasteiger partial charge in [0.05, 0.1) is 19.3 Å². The molecule has 0 radical (unpaired) electrons. The average molecular weight is 227 g/mol. The van der Waals surface area contributed by atoms with E-state index in [4.69, 9.17) is 15.2 Å². The van der Waals surface area contributed by atoms with Crippen molar-refractivity contribution in [3.05, 3.63) is 18.2 Å². The molecule has 0 aliphatic carbocycles. The molecule has 0 amide bonds. The minimum Gasteiger partial charge on any atom is -0.382 e. The molecule has 0 aromatic carbocycles. The normalized spacial score (nSPS) is 12.9. The van der Waals surface area contributed by atoms with E-state index in [1.165, 1.54) is 0 Å². The minimum absolute atomic E-state index is 0.0579. The van der Waals surface area contributed by atoms with Crippen molar-refractivity contribution in [3.8, 4) is 0 Å². The van der Waals surface area contributed by atoms with Crippen LogP contribution in [0.2, 0.25) is 0 Å². The van der Waals surface area contributed by atoms with Crippen molar-refractivity contribution in [2.75, 3.05) is 26.9 Å². The Hall–Kier alpha value is -0.910. The molecule has 16 heavy (non-hydrogen) atoms. The Bertz CT molecular complexity index is 289. The first kappa shape index (κ1) is 13.2. The zero-order valence-electron chi connectivity index (χ0n) is 10.1. The second-order valence-corrected chi connectivity index (χ2v) is 3.57. The lowest BCUT2D eigenvalue weighted by molar-refractivity contribution is 0.0668. The summed E-state index contributed by atoms with van der Waals surface area (Å²) in [5.74, 6) is 0.929. The third kappa shape index (κ3) is 3.92. The van der Waals surface area contributed by atoms with Gasteiger partial charge in [-0.3, -0.25) is 0 Å². The first-order valence-corrected chi connectivity index (χ1v) is 5.62. The number of nitrogens with zero attached hydrogens (tertiary/aromatic N) is 2. The van der Waals surface area contributed by atoms with Crippen LogP contribution in [-0.4, -0.2) is 36.5 Å². The summed E-state index contributed by atoms with van der Waals surface area (Å²) in [7, 11) is 1.66. The van der Waals surface area contributed by atoms with Crippen molar-refractivity contribution in [2.24, 2.45) is 5.73 Å². The van der Waals surface area contributed by atoms with Crippen LogP contribution in [-0.2, 0) is 16.0 Å². The van der Waals surface area contributed by atoms with Crippen LogP contribution < -0.4 is 5.73 Å². The minimum atomic E-state index is -0.0579. The van der Waals surface area contributed by atoms with E-state index in [0.717, 1.165) is 18.8 Å². The highest BCUT2D eigenvalue weighted by molar-refractivity contribution is 4.98. The predicted molar refractivity (Wildman–Crippen MR) is 62.1 cm³/mol. The number of hydrogen-bond donors (Lipinski definition) is 1. The van der Waals surface area contributed by atoms with E-state index in [2.05, 4.69) is 16.5 Å². The van der Waals surface area contributed by atoms with E-state index in [1.807, 2.05) is 6.20 Å². The Labute approximate surface area is 96.6 Å². The van der Waals surface area contributed by atoms with E-state index in [-0.39, 0.29) is 6.04 Å². The number of aromatic nitrogens is 2. The molecule has 1 aromatic rings. The van der Waals surface area contributed by atoms with Crippen LogP contribution in [0.5, 0.6) is 0 Å². The second kappa shape index (κ2) is 7.38. The molecule has 1 heterocycles. The van der Waals surface area contributed by atoms with Crippen LogP contribution in [0.3, 0.4) is 0 Å². The zero-order valence-corrected chi connectivity index (χ0v) is 10.1. The van der Waals surface area contributed by atoms with Crippen LogP contribution in [0.1, 0.15) is 25.2 Å². The Morgan fingerprint density at radius 1 is 1.44 bits per heavy atom. The highest BCUT2D eigenvalue weighted by atomic mass is 16.5. The molecule has 0 aliphatic heterocycles. The lowest BCUT2D eigenvalue weighted by atomic mass is 10.2. The summed E-state index contributed by atoms with van der Waals surface area (Å²) in [4.78, 5) is 4.26. The Morgan fingerprint density at radius 3 is 2.94 bits per heavy atom. The quantitative estimate of drug-likeness (QED) is 0.672. The van der Waals surface area contributed by atoms with E-state index < -0.39 is 0 Å². The molecule has 0 saturated carbocycles. The number of imidazole rings is 1. The van der Waals surface area contributed by atoms with Crippen LogP contribution >= 0.6 is 0 Å². The summed E-state index contributed by atoms with van der Waals surface area (Å²) in [6, 6.07) is -0.0579. The van der Waals surface area contributed by atoms with Crippen LogP contribution in [0.25, 0.3) is 0 Å². The molecule has 5 nitrogen and oxygen atoms in total. The third-order valence-electron chi connectivity index (χ3n) is 2.43. The van der Waals surface area contributed by atoms with Crippen molar-refractivity contribution in [3.63, 3.8) is 0 Å². The molecule has 0 saturated heterocycles. The molecule has 0 aliphatic rings. The first-order valence-electron chi connectivity index (χ1n) is 5.62. The fraction of sp³-hybridized carbons (Fsp3) is 0.727. The lowest BCUT2D eigenvalue weighted by Gasteiger charge is -2.13. The summed E-state index contributed by atoms with van der Waals surface area (Å²) in [5.41, 5.74) is 6.04. The van der Waals surface area contributed by atoms with Crippen molar-refractivity contribution < 1.29 is 9.47 Å². The Balaban J connectivity index is 2.27. The molecule has 0 fully saturated rings. The maximum Gasteiger partial charge on any atom is 0.125 e. The third-order valence-corrected chi connectivity index (χ3v) is 2.43. The Kier molecular flexibility index (Phi) is 6.07. The van der Waals surface area contributed by atoms with Gasteiger partial charge < -0.3 is 19.8 Å². The SMILES string of the molecule is CCn1ccnc1C(N)CCOCCOC. The van der Waals surface area contributed by atoms with Crippen molar-refractivity contribution >= 4 is 0 Å². The van der Waals surface area contributed by atoms with Gasteiger partial charge in [-0.25, -0.2) is 4.98 Å². The monoisotopic (exact) mass is 227 g/mol. The Morgan fingerprint density at radius 2 is 2.25 bits per heavy atom. The van der Waals surface area contributed by atoms with Gasteiger partial charge in [-0.1, -0.05) is 0 Å². The van der Waals surface area contributed by atoms with E-state index in [1.54, 1.807) is 13.3 Å². The van der Waals surface area contributed by atoms with Crippen molar-refractivity contribution in [2.45, 2.75) is 25.9 Å². The highest BCUT2D eigenvalue weighted by Gasteiger charge is 2.11. The van der Waals surface area contributed by atoms with Gasteiger partial charge >= 0.3 is 0 Å². The van der Waals surface area contributed by atoms with Crippen LogP contribution in [0.4, 0.5) is 0 Å². The predicted octanol–water partition coefficient (Wildman–Crippen LogP) is 0.956. The van der Waals surface area contributed by atoms with Gasteiger partial charge in [0, 0.05) is 32.7 Å².